The van der Waals surface area contributed by atoms with Crippen molar-refractivity contribution in [3.8, 4) is 0 Å². The fourth-order valence-electron chi connectivity index (χ4n) is 0.571. The van der Waals surface area contributed by atoms with Crippen LogP contribution < -0.4 is 0 Å². The molecule has 0 N–H and O–H groups in total. The van der Waals surface area contributed by atoms with E-state index in [0.717, 1.165) is 0 Å². The van der Waals surface area contributed by atoms with Gasteiger partial charge in [-0.15, -0.1) is 0 Å². The van der Waals surface area contributed by atoms with Crippen molar-refractivity contribution in [3.05, 3.63) is 24.3 Å². The molecule has 58 valence electrons. The van der Waals surface area contributed by atoms with E-state index in [1.165, 1.54) is 6.92 Å². The highest BCUT2D eigenvalue weighted by Crippen LogP contribution is 1.90. The molecule has 0 radical (unpaired) electrons. The van der Waals surface area contributed by atoms with Crippen LogP contribution in [0.2, 0.25) is 0 Å². The van der Waals surface area contributed by atoms with Crippen molar-refractivity contribution in [3.63, 3.8) is 0 Å². The molecule has 0 saturated carbocycles. The van der Waals surface area contributed by atoms with Gasteiger partial charge in [0.05, 0.1) is 0 Å². The number of rotatable bonds is 2. The summed E-state index contributed by atoms with van der Waals surface area (Å²) in [5.41, 5.74) is 0. The summed E-state index contributed by atoms with van der Waals surface area (Å²) in [6.45, 7) is 1.50. The van der Waals surface area contributed by atoms with Crippen LogP contribution in [0.1, 0.15) is 12.7 Å². The molecule has 1 heterocycles. The van der Waals surface area contributed by atoms with Crippen LogP contribution >= 0.6 is 0 Å². The summed E-state index contributed by atoms with van der Waals surface area (Å²) in [4.78, 5) is 18.1. The van der Waals surface area contributed by atoms with Gasteiger partial charge in [-0.2, -0.15) is 0 Å². The van der Waals surface area contributed by atoms with E-state index in [2.05, 4.69) is 14.7 Å². The molecule has 0 aromatic carbocycles. The summed E-state index contributed by atoms with van der Waals surface area (Å²) < 4.78 is 4.66. The first-order valence-electron chi connectivity index (χ1n) is 3.18. The maximum atomic E-state index is 10.3. The first-order chi connectivity index (χ1) is 5.29. The average molecular weight is 152 g/mol. The number of hydrogen-bond donors (Lipinski definition) is 0. The van der Waals surface area contributed by atoms with E-state index in [-0.39, 0.29) is 12.6 Å². The monoisotopic (exact) mass is 152 g/mol. The molecule has 0 fully saturated rings. The zero-order chi connectivity index (χ0) is 8.10. The van der Waals surface area contributed by atoms with Crippen molar-refractivity contribution in [2.45, 2.75) is 13.5 Å². The third kappa shape index (κ3) is 2.75. The first kappa shape index (κ1) is 7.65. The topological polar surface area (TPSA) is 52.1 Å². The summed E-state index contributed by atoms with van der Waals surface area (Å²) in [6.07, 6.45) is 3.21. The number of nitrogens with zero attached hydrogens (tertiary/aromatic N) is 2. The molecule has 1 aromatic heterocycles. The molecule has 0 aliphatic rings. The molecule has 0 spiro atoms. The van der Waals surface area contributed by atoms with E-state index >= 15 is 0 Å². The van der Waals surface area contributed by atoms with E-state index in [0.29, 0.717) is 5.82 Å². The van der Waals surface area contributed by atoms with Gasteiger partial charge in [-0.3, -0.25) is 4.79 Å². The Morgan fingerprint density at radius 3 is 2.73 bits per heavy atom. The Hall–Kier alpha value is -1.45. The molecular weight excluding hydrogens is 144 g/mol. The SMILES string of the molecule is CC(=O)OCc1ncccn1. The third-order valence-corrected chi connectivity index (χ3v) is 1.02. The Kier molecular flexibility index (Phi) is 2.54. The highest BCUT2D eigenvalue weighted by atomic mass is 16.5. The van der Waals surface area contributed by atoms with Crippen molar-refractivity contribution in [1.29, 1.82) is 0 Å². The molecule has 0 saturated heterocycles. The maximum absolute atomic E-state index is 10.3. The molecular formula is C7H8N2O2. The van der Waals surface area contributed by atoms with Crippen LogP contribution in [0.25, 0.3) is 0 Å². The maximum Gasteiger partial charge on any atom is 0.303 e. The molecule has 0 unspecified atom stereocenters. The zero-order valence-corrected chi connectivity index (χ0v) is 6.15. The number of carbonyl (C=O) groups is 1. The summed E-state index contributed by atoms with van der Waals surface area (Å²) in [6, 6.07) is 1.71. The van der Waals surface area contributed by atoms with Crippen molar-refractivity contribution in [1.82, 2.24) is 9.97 Å². The number of ether oxygens (including phenoxy) is 1. The van der Waals surface area contributed by atoms with Crippen LogP contribution in [0, 0.1) is 0 Å². The fraction of sp³-hybridized carbons (Fsp3) is 0.286. The lowest BCUT2D eigenvalue weighted by Gasteiger charge is -1.97. The number of esters is 1. The van der Waals surface area contributed by atoms with Crippen molar-refractivity contribution < 1.29 is 9.53 Å². The highest BCUT2D eigenvalue weighted by molar-refractivity contribution is 5.65. The number of aromatic nitrogens is 2. The Balaban J connectivity index is 2.45. The average Bonchev–Trinajstić information content (AvgIpc) is 2.03. The van der Waals surface area contributed by atoms with Gasteiger partial charge in [-0.1, -0.05) is 0 Å². The van der Waals surface area contributed by atoms with Gasteiger partial charge in [0.1, 0.15) is 0 Å². The third-order valence-electron chi connectivity index (χ3n) is 1.02. The molecule has 0 aliphatic heterocycles. The van der Waals surface area contributed by atoms with Gasteiger partial charge < -0.3 is 4.74 Å². The molecule has 0 bridgehead atoms. The smallest absolute Gasteiger partial charge is 0.303 e. The molecule has 1 aromatic rings. The van der Waals surface area contributed by atoms with Gasteiger partial charge in [-0.05, 0) is 6.07 Å². The lowest BCUT2D eigenvalue weighted by molar-refractivity contribution is -0.142. The fourth-order valence-corrected chi connectivity index (χ4v) is 0.571. The van der Waals surface area contributed by atoms with E-state index in [1.807, 2.05) is 0 Å². The second kappa shape index (κ2) is 3.65. The lowest BCUT2D eigenvalue weighted by Crippen LogP contribution is -2.01. The standard InChI is InChI=1S/C7H8N2O2/c1-6(10)11-5-7-8-3-2-4-9-7/h2-4H,5H2,1H3. The predicted octanol–water partition coefficient (Wildman–Crippen LogP) is 0.540. The van der Waals surface area contributed by atoms with E-state index in [1.54, 1.807) is 18.5 Å². The first-order valence-corrected chi connectivity index (χ1v) is 3.18. The van der Waals surface area contributed by atoms with Crippen molar-refractivity contribution in [2.24, 2.45) is 0 Å². The van der Waals surface area contributed by atoms with Crippen LogP contribution in [0.5, 0.6) is 0 Å². The molecule has 0 aliphatic carbocycles. The Morgan fingerprint density at radius 2 is 2.18 bits per heavy atom. The predicted molar refractivity (Wildman–Crippen MR) is 37.5 cm³/mol. The summed E-state index contributed by atoms with van der Waals surface area (Å²) in [5.74, 6) is 0.195. The Morgan fingerprint density at radius 1 is 1.55 bits per heavy atom. The molecule has 0 amide bonds. The van der Waals surface area contributed by atoms with Crippen LogP contribution in [0.4, 0.5) is 0 Å². The second-order valence-electron chi connectivity index (χ2n) is 1.95. The van der Waals surface area contributed by atoms with Crippen molar-refractivity contribution in [2.75, 3.05) is 0 Å². The lowest BCUT2D eigenvalue weighted by atomic mass is 10.6. The summed E-state index contributed by atoms with van der Waals surface area (Å²) >= 11 is 0. The molecule has 11 heavy (non-hydrogen) atoms. The van der Waals surface area contributed by atoms with Crippen LogP contribution in [-0.2, 0) is 16.1 Å². The van der Waals surface area contributed by atoms with Crippen molar-refractivity contribution >= 4 is 5.97 Å². The van der Waals surface area contributed by atoms with E-state index in [4.69, 9.17) is 0 Å². The Labute approximate surface area is 64.2 Å². The minimum Gasteiger partial charge on any atom is -0.458 e. The molecule has 1 rings (SSSR count). The van der Waals surface area contributed by atoms with Crippen LogP contribution in [-0.4, -0.2) is 15.9 Å². The zero-order valence-electron chi connectivity index (χ0n) is 6.15. The number of carbonyl (C=O) groups excluding carboxylic acids is 1. The second-order valence-corrected chi connectivity index (χ2v) is 1.95. The van der Waals surface area contributed by atoms with E-state index < -0.39 is 0 Å². The molecule has 4 heteroatoms. The largest absolute Gasteiger partial charge is 0.458 e. The molecule has 4 nitrogen and oxygen atoms in total. The van der Waals surface area contributed by atoms with E-state index in [9.17, 15) is 4.79 Å². The number of hydrogen-bond acceptors (Lipinski definition) is 4. The van der Waals surface area contributed by atoms with Gasteiger partial charge in [0, 0.05) is 19.3 Å². The van der Waals surface area contributed by atoms with Gasteiger partial charge in [0.2, 0.25) is 0 Å². The van der Waals surface area contributed by atoms with Crippen LogP contribution in [0.3, 0.4) is 0 Å². The summed E-state index contributed by atoms with van der Waals surface area (Å²) in [7, 11) is 0. The summed E-state index contributed by atoms with van der Waals surface area (Å²) in [5, 5.41) is 0. The molecule has 0 atom stereocenters. The minimum absolute atomic E-state index is 0.149. The van der Waals surface area contributed by atoms with Gasteiger partial charge >= 0.3 is 5.97 Å². The quantitative estimate of drug-likeness (QED) is 0.580. The minimum atomic E-state index is -0.322. The van der Waals surface area contributed by atoms with Gasteiger partial charge in [0.15, 0.2) is 12.4 Å². The van der Waals surface area contributed by atoms with Crippen LogP contribution in [0.15, 0.2) is 18.5 Å². The van der Waals surface area contributed by atoms with Gasteiger partial charge in [-0.25, -0.2) is 9.97 Å². The van der Waals surface area contributed by atoms with Gasteiger partial charge in [0.25, 0.3) is 0 Å². The normalized spacial score (nSPS) is 9.18. The highest BCUT2D eigenvalue weighted by Gasteiger charge is 1.96. The Bertz CT molecular complexity index is 235.